The molecule has 0 amide bonds. The molecule has 5 nitrogen and oxygen atoms in total. The van der Waals surface area contributed by atoms with Crippen molar-refractivity contribution >= 4 is 39.3 Å². The first-order valence-corrected chi connectivity index (χ1v) is 8.96. The highest BCUT2D eigenvalue weighted by Crippen LogP contribution is 2.36. The van der Waals surface area contributed by atoms with Crippen molar-refractivity contribution in [1.82, 2.24) is 9.97 Å². The molecule has 0 atom stereocenters. The number of esters is 1. The highest BCUT2D eigenvalue weighted by atomic mass is 32.2. The Hall–Kier alpha value is -1.34. The van der Waals surface area contributed by atoms with Crippen LogP contribution in [0.5, 0.6) is 0 Å². The van der Waals surface area contributed by atoms with Crippen LogP contribution in [-0.2, 0) is 22.4 Å². The minimum Gasteiger partial charge on any atom is -0.465 e. The molecule has 1 N–H and O–H groups in total. The Morgan fingerprint density at radius 2 is 2.23 bits per heavy atom. The lowest BCUT2D eigenvalue weighted by atomic mass is 10.2. The number of fused-ring (bicyclic) bond motifs is 3. The van der Waals surface area contributed by atoms with Gasteiger partial charge in [-0.25, -0.2) is 4.98 Å². The third-order valence-electron chi connectivity index (χ3n) is 3.67. The summed E-state index contributed by atoms with van der Waals surface area (Å²) in [6, 6.07) is 0. The number of aromatic amines is 1. The first kappa shape index (κ1) is 15.6. The van der Waals surface area contributed by atoms with Crippen LogP contribution in [0.3, 0.4) is 0 Å². The second kappa shape index (κ2) is 5.70. The van der Waals surface area contributed by atoms with Gasteiger partial charge in [0.25, 0.3) is 5.56 Å². The van der Waals surface area contributed by atoms with Crippen LogP contribution in [0, 0.1) is 0 Å². The summed E-state index contributed by atoms with van der Waals surface area (Å²) < 4.78 is 4.28. The largest absolute Gasteiger partial charge is 0.465 e. The quantitative estimate of drug-likeness (QED) is 0.527. The van der Waals surface area contributed by atoms with Crippen LogP contribution >= 0.6 is 23.1 Å². The number of carbonyl (C=O) groups is 1. The van der Waals surface area contributed by atoms with Crippen LogP contribution in [0.1, 0.15) is 37.6 Å². The first-order chi connectivity index (χ1) is 10.4. The molecule has 0 fully saturated rings. The molecule has 22 heavy (non-hydrogen) atoms. The molecule has 2 aromatic heterocycles. The average Bonchev–Trinajstić information content (AvgIpc) is 2.97. The fraction of sp³-hybridized carbons (Fsp3) is 0.533. The van der Waals surface area contributed by atoms with E-state index in [1.807, 2.05) is 0 Å². The molecule has 0 radical (unpaired) electrons. The highest BCUT2D eigenvalue weighted by molar-refractivity contribution is 8.01. The monoisotopic (exact) mass is 338 g/mol. The van der Waals surface area contributed by atoms with Gasteiger partial charge in [-0.05, 0) is 45.6 Å². The van der Waals surface area contributed by atoms with Gasteiger partial charge in [0, 0.05) is 4.88 Å². The van der Waals surface area contributed by atoms with Gasteiger partial charge in [-0.3, -0.25) is 9.59 Å². The molecule has 2 heterocycles. The van der Waals surface area contributed by atoms with E-state index >= 15 is 0 Å². The number of aryl methyl sites for hydroxylation is 2. The molecule has 2 aromatic rings. The van der Waals surface area contributed by atoms with E-state index in [0.29, 0.717) is 11.8 Å². The number of hydrogen-bond donors (Lipinski definition) is 1. The number of thiophene rings is 1. The van der Waals surface area contributed by atoms with E-state index in [0.717, 1.165) is 35.0 Å². The van der Waals surface area contributed by atoms with E-state index in [1.54, 1.807) is 32.1 Å². The molecule has 1 aliphatic carbocycles. The van der Waals surface area contributed by atoms with Crippen LogP contribution in [0.4, 0.5) is 0 Å². The van der Waals surface area contributed by atoms with Crippen molar-refractivity contribution in [2.24, 2.45) is 0 Å². The molecular formula is C15H18N2O3S2. The predicted molar refractivity (Wildman–Crippen MR) is 88.8 cm³/mol. The summed E-state index contributed by atoms with van der Waals surface area (Å²) >= 11 is 2.83. The van der Waals surface area contributed by atoms with Gasteiger partial charge in [0.15, 0.2) is 5.16 Å². The summed E-state index contributed by atoms with van der Waals surface area (Å²) in [4.78, 5) is 33.8. The minimum atomic E-state index is -0.792. The number of carbonyl (C=O) groups excluding carboxylic acids is 1. The number of rotatable bonds is 4. The fourth-order valence-electron chi connectivity index (χ4n) is 2.62. The van der Waals surface area contributed by atoms with Crippen molar-refractivity contribution < 1.29 is 9.53 Å². The SMILES string of the molecule is CCOC(=O)C(C)(C)Sc1nc2sc3c(c2c(=O)[nH]1)CCC3. The number of hydrogen-bond acceptors (Lipinski definition) is 6. The van der Waals surface area contributed by atoms with Crippen molar-refractivity contribution in [3.63, 3.8) is 0 Å². The molecule has 0 aromatic carbocycles. The summed E-state index contributed by atoms with van der Waals surface area (Å²) in [5, 5.41) is 1.20. The second-order valence-corrected chi connectivity index (χ2v) is 8.44. The molecule has 3 rings (SSSR count). The Morgan fingerprint density at radius 3 is 2.95 bits per heavy atom. The Labute approximate surface area is 136 Å². The fourth-order valence-corrected chi connectivity index (χ4v) is 4.85. The van der Waals surface area contributed by atoms with E-state index in [-0.39, 0.29) is 11.5 Å². The molecule has 0 spiro atoms. The van der Waals surface area contributed by atoms with Crippen LogP contribution in [0.25, 0.3) is 10.2 Å². The third kappa shape index (κ3) is 2.67. The van der Waals surface area contributed by atoms with E-state index in [9.17, 15) is 9.59 Å². The van der Waals surface area contributed by atoms with Gasteiger partial charge in [0.2, 0.25) is 0 Å². The number of thioether (sulfide) groups is 1. The van der Waals surface area contributed by atoms with E-state index < -0.39 is 4.75 Å². The van der Waals surface area contributed by atoms with Crippen molar-refractivity contribution in [3.8, 4) is 0 Å². The number of ether oxygens (including phenoxy) is 1. The summed E-state index contributed by atoms with van der Waals surface area (Å²) in [5.74, 6) is -0.309. The van der Waals surface area contributed by atoms with Crippen LogP contribution in [0.2, 0.25) is 0 Å². The molecule has 7 heteroatoms. The van der Waals surface area contributed by atoms with Crippen molar-refractivity contribution in [3.05, 3.63) is 20.8 Å². The lowest BCUT2D eigenvalue weighted by Crippen LogP contribution is -2.30. The zero-order valence-electron chi connectivity index (χ0n) is 12.8. The maximum Gasteiger partial charge on any atom is 0.322 e. The van der Waals surface area contributed by atoms with Crippen LogP contribution < -0.4 is 5.56 Å². The molecule has 0 bridgehead atoms. The summed E-state index contributed by atoms with van der Waals surface area (Å²) in [7, 11) is 0. The van der Waals surface area contributed by atoms with E-state index in [4.69, 9.17) is 4.74 Å². The van der Waals surface area contributed by atoms with Gasteiger partial charge < -0.3 is 9.72 Å². The molecule has 0 aliphatic heterocycles. The first-order valence-electron chi connectivity index (χ1n) is 7.33. The zero-order valence-corrected chi connectivity index (χ0v) is 14.4. The molecular weight excluding hydrogens is 320 g/mol. The minimum absolute atomic E-state index is 0.105. The van der Waals surface area contributed by atoms with Crippen molar-refractivity contribution in [1.29, 1.82) is 0 Å². The maximum absolute atomic E-state index is 12.4. The van der Waals surface area contributed by atoms with Gasteiger partial charge in [-0.1, -0.05) is 11.8 Å². The smallest absolute Gasteiger partial charge is 0.322 e. The normalized spacial score (nSPS) is 14.3. The number of H-pyrrole nitrogens is 1. The standard InChI is InChI=1S/C15H18N2O3S2/c1-4-20-13(19)15(2,3)22-14-16-11(18)10-8-6-5-7-9(8)21-12(10)17-14/h4-7H2,1-3H3,(H,16,17,18). The van der Waals surface area contributed by atoms with Crippen LogP contribution in [0.15, 0.2) is 9.95 Å². The highest BCUT2D eigenvalue weighted by Gasteiger charge is 2.32. The van der Waals surface area contributed by atoms with Crippen molar-refractivity contribution in [2.45, 2.75) is 49.9 Å². The number of aromatic nitrogens is 2. The lowest BCUT2D eigenvalue weighted by molar-refractivity contribution is -0.145. The molecule has 0 saturated carbocycles. The molecule has 1 aliphatic rings. The molecule has 0 saturated heterocycles. The number of nitrogens with zero attached hydrogens (tertiary/aromatic N) is 1. The van der Waals surface area contributed by atoms with Gasteiger partial charge in [-0.2, -0.15) is 0 Å². The van der Waals surface area contributed by atoms with E-state index in [1.165, 1.54) is 16.6 Å². The van der Waals surface area contributed by atoms with E-state index in [2.05, 4.69) is 9.97 Å². The Bertz CT molecular complexity index is 792. The predicted octanol–water partition coefficient (Wildman–Crippen LogP) is 2.91. The van der Waals surface area contributed by atoms with Gasteiger partial charge in [0.1, 0.15) is 9.58 Å². The third-order valence-corrected chi connectivity index (χ3v) is 5.92. The average molecular weight is 338 g/mol. The second-order valence-electron chi connectivity index (χ2n) is 5.74. The summed E-state index contributed by atoms with van der Waals surface area (Å²) in [5.41, 5.74) is 1.06. The number of nitrogens with one attached hydrogen (secondary N) is 1. The lowest BCUT2D eigenvalue weighted by Gasteiger charge is -2.20. The van der Waals surface area contributed by atoms with Crippen molar-refractivity contribution in [2.75, 3.05) is 6.61 Å². The Morgan fingerprint density at radius 1 is 1.45 bits per heavy atom. The van der Waals surface area contributed by atoms with Gasteiger partial charge >= 0.3 is 5.97 Å². The summed E-state index contributed by atoms with van der Waals surface area (Å²) in [6.45, 7) is 5.66. The zero-order chi connectivity index (χ0) is 15.9. The molecule has 0 unspecified atom stereocenters. The maximum atomic E-state index is 12.4. The summed E-state index contributed by atoms with van der Waals surface area (Å²) in [6.07, 6.45) is 3.11. The van der Waals surface area contributed by atoms with Crippen LogP contribution in [-0.4, -0.2) is 27.3 Å². The molecule has 118 valence electrons. The Balaban J connectivity index is 1.96. The topological polar surface area (TPSA) is 72.0 Å². The van der Waals surface area contributed by atoms with Gasteiger partial charge in [-0.15, -0.1) is 11.3 Å². The Kier molecular flexibility index (Phi) is 4.03. The van der Waals surface area contributed by atoms with Gasteiger partial charge in [0.05, 0.1) is 12.0 Å².